The average Bonchev–Trinajstić information content (AvgIpc) is 2.79. The van der Waals surface area contributed by atoms with E-state index < -0.39 is 0 Å². The number of hydrogen-bond acceptors (Lipinski definition) is 2. The number of ether oxygens (including phenoxy) is 1. The third-order valence-corrected chi connectivity index (χ3v) is 4.98. The summed E-state index contributed by atoms with van der Waals surface area (Å²) < 4.78 is 22.1. The van der Waals surface area contributed by atoms with Crippen molar-refractivity contribution in [3.05, 3.63) is 27.3 Å². The van der Waals surface area contributed by atoms with Gasteiger partial charge in [0, 0.05) is 38.1 Å². The van der Waals surface area contributed by atoms with E-state index in [1.165, 1.54) is 0 Å². The van der Waals surface area contributed by atoms with E-state index in [9.17, 15) is 4.39 Å². The Kier molecular flexibility index (Phi) is 5.01. The number of imidazole rings is 1. The molecule has 0 radical (unpaired) electrons. The van der Waals surface area contributed by atoms with E-state index in [0.717, 1.165) is 49.5 Å². The van der Waals surface area contributed by atoms with Crippen LogP contribution in [0.15, 0.2) is 12.1 Å². The van der Waals surface area contributed by atoms with Gasteiger partial charge in [0.05, 0.1) is 14.6 Å². The Balaban J connectivity index is 2.00. The summed E-state index contributed by atoms with van der Waals surface area (Å²) in [5, 5.41) is 0. The highest BCUT2D eigenvalue weighted by molar-refractivity contribution is 14.1. The normalized spacial score (nSPS) is 16.7. The number of hydrogen-bond donors (Lipinski definition) is 0. The van der Waals surface area contributed by atoms with Crippen LogP contribution in [0.2, 0.25) is 0 Å². The highest BCUT2D eigenvalue weighted by atomic mass is 127. The number of rotatable bonds is 4. The van der Waals surface area contributed by atoms with Crippen LogP contribution in [0.25, 0.3) is 11.0 Å². The zero-order chi connectivity index (χ0) is 14.8. The quantitative estimate of drug-likeness (QED) is 0.550. The van der Waals surface area contributed by atoms with Gasteiger partial charge in [0.2, 0.25) is 0 Å². The van der Waals surface area contributed by atoms with Gasteiger partial charge in [-0.05, 0) is 47.4 Å². The molecule has 3 rings (SSSR count). The van der Waals surface area contributed by atoms with Crippen LogP contribution >= 0.6 is 34.2 Å². The highest BCUT2D eigenvalue weighted by Crippen LogP contribution is 2.25. The molecule has 1 aliphatic heterocycles. The first-order chi connectivity index (χ1) is 10.2. The molecule has 21 heavy (non-hydrogen) atoms. The van der Waals surface area contributed by atoms with E-state index in [2.05, 4.69) is 9.55 Å². The number of fused-ring (bicyclic) bond motifs is 1. The Morgan fingerprint density at radius 2 is 2.14 bits per heavy atom. The van der Waals surface area contributed by atoms with Crippen LogP contribution in [-0.2, 0) is 17.7 Å². The van der Waals surface area contributed by atoms with Crippen molar-refractivity contribution in [3.8, 4) is 0 Å². The van der Waals surface area contributed by atoms with Gasteiger partial charge >= 0.3 is 0 Å². The van der Waals surface area contributed by atoms with Crippen molar-refractivity contribution in [1.82, 2.24) is 9.55 Å². The van der Waals surface area contributed by atoms with Gasteiger partial charge in [-0.1, -0.05) is 0 Å². The lowest BCUT2D eigenvalue weighted by molar-refractivity contribution is 0.0613. The summed E-state index contributed by atoms with van der Waals surface area (Å²) in [5.74, 6) is 1.85. The molecule has 0 bridgehead atoms. The van der Waals surface area contributed by atoms with Gasteiger partial charge in [-0.3, -0.25) is 0 Å². The topological polar surface area (TPSA) is 27.1 Å². The van der Waals surface area contributed by atoms with E-state index in [0.29, 0.717) is 21.8 Å². The Labute approximate surface area is 142 Å². The lowest BCUT2D eigenvalue weighted by atomic mass is 10.0. The fourth-order valence-corrected chi connectivity index (χ4v) is 3.46. The van der Waals surface area contributed by atoms with Crippen LogP contribution < -0.4 is 0 Å². The van der Waals surface area contributed by atoms with E-state index in [1.54, 1.807) is 6.07 Å². The summed E-state index contributed by atoms with van der Waals surface area (Å²) in [4.78, 5) is 4.65. The molecule has 0 unspecified atom stereocenters. The van der Waals surface area contributed by atoms with Crippen LogP contribution in [0.4, 0.5) is 4.39 Å². The van der Waals surface area contributed by atoms with Crippen molar-refractivity contribution < 1.29 is 9.13 Å². The monoisotopic (exact) mass is 422 g/mol. The Morgan fingerprint density at radius 3 is 2.86 bits per heavy atom. The number of halogens is 3. The first-order valence-electron chi connectivity index (χ1n) is 7.17. The minimum atomic E-state index is -0.186. The SMILES string of the molecule is Fc1cc2c(cc1I)nc(CCCl)n2CC1CCOCC1. The smallest absolute Gasteiger partial charge is 0.138 e. The highest BCUT2D eigenvalue weighted by Gasteiger charge is 2.19. The molecule has 2 heterocycles. The molecule has 1 aromatic heterocycles. The molecule has 1 aliphatic rings. The average molecular weight is 423 g/mol. The minimum absolute atomic E-state index is 0.186. The van der Waals surface area contributed by atoms with Crippen molar-refractivity contribution in [2.24, 2.45) is 5.92 Å². The standard InChI is InChI=1S/C15H17ClFIN2O/c16-4-1-15-19-13-8-12(18)11(17)7-14(13)20(15)9-10-2-5-21-6-3-10/h7-8,10H,1-6,9H2. The predicted molar refractivity (Wildman–Crippen MR) is 90.4 cm³/mol. The zero-order valence-corrected chi connectivity index (χ0v) is 14.5. The van der Waals surface area contributed by atoms with Crippen LogP contribution in [0.5, 0.6) is 0 Å². The fraction of sp³-hybridized carbons (Fsp3) is 0.533. The summed E-state index contributed by atoms with van der Waals surface area (Å²) in [5.41, 5.74) is 1.73. The van der Waals surface area contributed by atoms with E-state index in [4.69, 9.17) is 16.3 Å². The van der Waals surface area contributed by atoms with Crippen LogP contribution in [0.3, 0.4) is 0 Å². The molecule has 0 spiro atoms. The molecule has 0 aliphatic carbocycles. The Hall–Kier alpha value is -0.400. The second-order valence-corrected chi connectivity index (χ2v) is 6.93. The van der Waals surface area contributed by atoms with Gasteiger partial charge in [0.15, 0.2) is 0 Å². The van der Waals surface area contributed by atoms with Crippen LogP contribution in [0.1, 0.15) is 18.7 Å². The molecule has 1 saturated heterocycles. The molecule has 0 amide bonds. The van der Waals surface area contributed by atoms with Gasteiger partial charge in [-0.2, -0.15) is 0 Å². The Morgan fingerprint density at radius 1 is 1.38 bits per heavy atom. The summed E-state index contributed by atoms with van der Waals surface area (Å²) in [6, 6.07) is 3.41. The van der Waals surface area contributed by atoms with Crippen molar-refractivity contribution in [2.75, 3.05) is 19.1 Å². The first kappa shape index (κ1) is 15.5. The molecular formula is C15H17ClFIN2O. The zero-order valence-electron chi connectivity index (χ0n) is 11.6. The predicted octanol–water partition coefficient (Wildman–Crippen LogP) is 3.99. The third kappa shape index (κ3) is 3.35. The number of aryl methyl sites for hydroxylation is 1. The van der Waals surface area contributed by atoms with Gasteiger partial charge in [0.25, 0.3) is 0 Å². The fourth-order valence-electron chi connectivity index (χ4n) is 2.84. The summed E-state index contributed by atoms with van der Waals surface area (Å²) in [7, 11) is 0. The lowest BCUT2D eigenvalue weighted by Gasteiger charge is -2.23. The van der Waals surface area contributed by atoms with Crippen molar-refractivity contribution in [1.29, 1.82) is 0 Å². The molecular weight excluding hydrogens is 406 g/mol. The van der Waals surface area contributed by atoms with Crippen LogP contribution in [0, 0.1) is 15.3 Å². The van der Waals surface area contributed by atoms with E-state index in [-0.39, 0.29) is 5.82 Å². The molecule has 0 saturated carbocycles. The molecule has 1 fully saturated rings. The van der Waals surface area contributed by atoms with Gasteiger partial charge in [-0.15, -0.1) is 11.6 Å². The summed E-state index contributed by atoms with van der Waals surface area (Å²) in [6.45, 7) is 2.49. The van der Waals surface area contributed by atoms with Crippen molar-refractivity contribution in [3.63, 3.8) is 0 Å². The molecule has 6 heteroatoms. The molecule has 0 atom stereocenters. The van der Waals surface area contributed by atoms with Crippen molar-refractivity contribution >= 4 is 45.2 Å². The number of nitrogens with zero attached hydrogens (tertiary/aromatic N) is 2. The maximum absolute atomic E-state index is 13.9. The maximum Gasteiger partial charge on any atom is 0.138 e. The van der Waals surface area contributed by atoms with Crippen molar-refractivity contribution in [2.45, 2.75) is 25.8 Å². The van der Waals surface area contributed by atoms with Crippen LogP contribution in [-0.4, -0.2) is 28.6 Å². The molecule has 3 nitrogen and oxygen atoms in total. The summed E-state index contributed by atoms with van der Waals surface area (Å²) in [6.07, 6.45) is 2.80. The van der Waals surface area contributed by atoms with Gasteiger partial charge in [0.1, 0.15) is 11.6 Å². The lowest BCUT2D eigenvalue weighted by Crippen LogP contribution is -2.21. The molecule has 1 aromatic carbocycles. The Bertz CT molecular complexity index is 640. The minimum Gasteiger partial charge on any atom is -0.381 e. The number of alkyl halides is 1. The van der Waals surface area contributed by atoms with Gasteiger partial charge in [-0.25, -0.2) is 9.37 Å². The largest absolute Gasteiger partial charge is 0.381 e. The van der Waals surface area contributed by atoms with Gasteiger partial charge < -0.3 is 9.30 Å². The molecule has 114 valence electrons. The number of benzene rings is 1. The second-order valence-electron chi connectivity index (χ2n) is 5.39. The third-order valence-electron chi connectivity index (χ3n) is 3.97. The summed E-state index contributed by atoms with van der Waals surface area (Å²) >= 11 is 7.90. The van der Waals surface area contributed by atoms with E-state index >= 15 is 0 Å². The van der Waals surface area contributed by atoms with E-state index in [1.807, 2.05) is 28.7 Å². The molecule has 0 N–H and O–H groups in total. The maximum atomic E-state index is 13.9. The molecule has 2 aromatic rings. The second kappa shape index (κ2) is 6.79. The first-order valence-corrected chi connectivity index (χ1v) is 8.78. The number of aromatic nitrogens is 2.